The number of nitrogens with zero attached hydrogens (tertiary/aromatic N) is 2. The summed E-state index contributed by atoms with van der Waals surface area (Å²) >= 11 is 0. The Morgan fingerprint density at radius 2 is 2.44 bits per heavy atom. The Kier molecular flexibility index (Phi) is 3.08. The maximum Gasteiger partial charge on any atom is 0.257 e. The van der Waals surface area contributed by atoms with Gasteiger partial charge in [0.2, 0.25) is 0 Å². The molecule has 1 aliphatic heterocycles. The molecule has 1 aromatic heterocycles. The fraction of sp³-hybridized carbons (Fsp3) is 0.500. The van der Waals surface area contributed by atoms with Gasteiger partial charge in [-0.2, -0.15) is 0 Å². The highest BCUT2D eigenvalue weighted by atomic mass is 16.2. The van der Waals surface area contributed by atoms with Crippen molar-refractivity contribution in [2.24, 2.45) is 5.92 Å². The molecule has 1 unspecified atom stereocenters. The Morgan fingerprint density at radius 1 is 1.62 bits per heavy atom. The van der Waals surface area contributed by atoms with Crippen LogP contribution in [-0.2, 0) is 0 Å². The van der Waals surface area contributed by atoms with Gasteiger partial charge in [0.1, 0.15) is 5.82 Å². The maximum absolute atomic E-state index is 12.2. The molecule has 1 atom stereocenters. The van der Waals surface area contributed by atoms with Gasteiger partial charge >= 0.3 is 0 Å². The molecule has 16 heavy (non-hydrogen) atoms. The first-order valence-electron chi connectivity index (χ1n) is 5.68. The summed E-state index contributed by atoms with van der Waals surface area (Å²) < 4.78 is 0. The van der Waals surface area contributed by atoms with Crippen molar-refractivity contribution in [1.29, 1.82) is 0 Å². The number of nitrogens with two attached hydrogens (primary N) is 1. The lowest BCUT2D eigenvalue weighted by atomic mass is 9.99. The summed E-state index contributed by atoms with van der Waals surface area (Å²) in [5, 5.41) is 0. The van der Waals surface area contributed by atoms with Gasteiger partial charge in [0.05, 0.1) is 5.56 Å². The lowest BCUT2D eigenvalue weighted by Crippen LogP contribution is -2.39. The number of aromatic nitrogens is 1. The molecule has 0 aromatic carbocycles. The minimum atomic E-state index is 0.0113. The number of anilines is 1. The van der Waals surface area contributed by atoms with Crippen LogP contribution in [0.4, 0.5) is 5.82 Å². The molecule has 0 saturated carbocycles. The highest BCUT2D eigenvalue weighted by Gasteiger charge is 2.23. The molecule has 0 aliphatic carbocycles. The van der Waals surface area contributed by atoms with Crippen molar-refractivity contribution < 1.29 is 4.79 Å². The standard InChI is InChI=1S/C12H17N3O/c1-9-4-3-7-15(8-9)12(16)10-5-2-6-14-11(10)13/h2,5-6,9H,3-4,7-8H2,1H3,(H2,13,14). The van der Waals surface area contributed by atoms with Gasteiger partial charge < -0.3 is 10.6 Å². The smallest absolute Gasteiger partial charge is 0.257 e. The average Bonchev–Trinajstić information content (AvgIpc) is 2.29. The number of amides is 1. The van der Waals surface area contributed by atoms with Gasteiger partial charge in [-0.3, -0.25) is 4.79 Å². The van der Waals surface area contributed by atoms with Crippen molar-refractivity contribution in [1.82, 2.24) is 9.88 Å². The number of hydrogen-bond acceptors (Lipinski definition) is 3. The van der Waals surface area contributed by atoms with Crippen molar-refractivity contribution in [2.75, 3.05) is 18.8 Å². The fourth-order valence-electron chi connectivity index (χ4n) is 2.14. The van der Waals surface area contributed by atoms with Crippen LogP contribution in [0.15, 0.2) is 18.3 Å². The predicted molar refractivity (Wildman–Crippen MR) is 63.0 cm³/mol. The van der Waals surface area contributed by atoms with Crippen molar-refractivity contribution >= 4 is 11.7 Å². The van der Waals surface area contributed by atoms with E-state index in [1.54, 1.807) is 18.3 Å². The van der Waals surface area contributed by atoms with E-state index in [4.69, 9.17) is 5.73 Å². The summed E-state index contributed by atoms with van der Waals surface area (Å²) in [4.78, 5) is 18.0. The Morgan fingerprint density at radius 3 is 3.12 bits per heavy atom. The fourth-order valence-corrected chi connectivity index (χ4v) is 2.14. The van der Waals surface area contributed by atoms with Crippen LogP contribution in [0, 0.1) is 5.92 Å². The van der Waals surface area contributed by atoms with Gasteiger partial charge in [-0.05, 0) is 30.9 Å². The van der Waals surface area contributed by atoms with Crippen LogP contribution in [0.1, 0.15) is 30.1 Å². The van der Waals surface area contributed by atoms with E-state index in [0.717, 1.165) is 19.5 Å². The molecule has 0 spiro atoms. The normalized spacial score (nSPS) is 20.8. The molecule has 0 bridgehead atoms. The first-order valence-corrected chi connectivity index (χ1v) is 5.68. The molecule has 1 saturated heterocycles. The van der Waals surface area contributed by atoms with Crippen LogP contribution in [0.2, 0.25) is 0 Å². The van der Waals surface area contributed by atoms with Gasteiger partial charge in [-0.1, -0.05) is 6.92 Å². The molecule has 1 aliphatic rings. The Labute approximate surface area is 95.5 Å². The van der Waals surface area contributed by atoms with Gasteiger partial charge in [0, 0.05) is 19.3 Å². The summed E-state index contributed by atoms with van der Waals surface area (Å²) in [6.07, 6.45) is 3.88. The van der Waals surface area contributed by atoms with E-state index in [1.165, 1.54) is 6.42 Å². The minimum absolute atomic E-state index is 0.0113. The van der Waals surface area contributed by atoms with Crippen LogP contribution < -0.4 is 5.73 Å². The lowest BCUT2D eigenvalue weighted by molar-refractivity contribution is 0.0684. The Balaban J connectivity index is 2.16. The molecular weight excluding hydrogens is 202 g/mol. The summed E-state index contributed by atoms with van der Waals surface area (Å²) in [6, 6.07) is 3.49. The van der Waals surface area contributed by atoms with Crippen LogP contribution in [0.3, 0.4) is 0 Å². The second kappa shape index (κ2) is 4.51. The first kappa shape index (κ1) is 10.9. The molecule has 2 rings (SSSR count). The summed E-state index contributed by atoms with van der Waals surface area (Å²) in [7, 11) is 0. The van der Waals surface area contributed by atoms with Crippen molar-refractivity contribution in [3.8, 4) is 0 Å². The van der Waals surface area contributed by atoms with Crippen LogP contribution in [0.5, 0.6) is 0 Å². The number of carbonyl (C=O) groups excluding carboxylic acids is 1. The molecule has 1 aromatic rings. The maximum atomic E-state index is 12.2. The zero-order valence-corrected chi connectivity index (χ0v) is 9.52. The molecule has 1 amide bonds. The molecule has 4 heteroatoms. The zero-order chi connectivity index (χ0) is 11.5. The SMILES string of the molecule is CC1CCCN(C(=O)c2cccnc2N)C1. The number of pyridine rings is 1. The highest BCUT2D eigenvalue weighted by Crippen LogP contribution is 2.19. The quantitative estimate of drug-likeness (QED) is 0.779. The number of carbonyl (C=O) groups is 1. The van der Waals surface area contributed by atoms with Crippen LogP contribution in [0.25, 0.3) is 0 Å². The monoisotopic (exact) mass is 219 g/mol. The number of rotatable bonds is 1. The molecule has 2 heterocycles. The van der Waals surface area contributed by atoms with Crippen molar-refractivity contribution in [2.45, 2.75) is 19.8 Å². The Bertz CT molecular complexity index is 392. The van der Waals surface area contributed by atoms with Gasteiger partial charge in [0.25, 0.3) is 5.91 Å². The lowest BCUT2D eigenvalue weighted by Gasteiger charge is -2.31. The van der Waals surface area contributed by atoms with E-state index < -0.39 is 0 Å². The van der Waals surface area contributed by atoms with E-state index in [9.17, 15) is 4.79 Å². The van der Waals surface area contributed by atoms with Gasteiger partial charge in [0.15, 0.2) is 0 Å². The van der Waals surface area contributed by atoms with E-state index >= 15 is 0 Å². The summed E-state index contributed by atoms with van der Waals surface area (Å²) in [6.45, 7) is 3.83. The van der Waals surface area contributed by atoms with E-state index in [2.05, 4.69) is 11.9 Å². The first-order chi connectivity index (χ1) is 7.68. The van der Waals surface area contributed by atoms with E-state index in [1.807, 2.05) is 4.90 Å². The Hall–Kier alpha value is -1.58. The third-order valence-corrected chi connectivity index (χ3v) is 3.01. The molecule has 2 N–H and O–H groups in total. The van der Waals surface area contributed by atoms with E-state index in [0.29, 0.717) is 17.3 Å². The van der Waals surface area contributed by atoms with Crippen molar-refractivity contribution in [3.05, 3.63) is 23.9 Å². The molecule has 86 valence electrons. The third kappa shape index (κ3) is 2.15. The number of hydrogen-bond donors (Lipinski definition) is 1. The largest absolute Gasteiger partial charge is 0.383 e. The third-order valence-electron chi connectivity index (χ3n) is 3.01. The zero-order valence-electron chi connectivity index (χ0n) is 9.52. The molecule has 0 radical (unpaired) electrons. The van der Waals surface area contributed by atoms with Gasteiger partial charge in [-0.15, -0.1) is 0 Å². The minimum Gasteiger partial charge on any atom is -0.383 e. The van der Waals surface area contributed by atoms with Crippen molar-refractivity contribution in [3.63, 3.8) is 0 Å². The predicted octanol–water partition coefficient (Wildman–Crippen LogP) is 1.54. The second-order valence-electron chi connectivity index (χ2n) is 4.43. The number of nitrogen functional groups attached to an aromatic ring is 1. The molecule has 4 nitrogen and oxygen atoms in total. The molecular formula is C12H17N3O. The number of likely N-dealkylation sites (tertiary alicyclic amines) is 1. The average molecular weight is 219 g/mol. The van der Waals surface area contributed by atoms with E-state index in [-0.39, 0.29) is 5.91 Å². The molecule has 1 fully saturated rings. The summed E-state index contributed by atoms with van der Waals surface area (Å²) in [5.74, 6) is 0.915. The topological polar surface area (TPSA) is 59.2 Å². The van der Waals surface area contributed by atoms with Gasteiger partial charge in [-0.25, -0.2) is 4.98 Å². The second-order valence-corrected chi connectivity index (χ2v) is 4.43. The highest BCUT2D eigenvalue weighted by molar-refractivity contribution is 5.98. The van der Waals surface area contributed by atoms with Crippen LogP contribution in [-0.4, -0.2) is 28.9 Å². The number of piperidine rings is 1. The summed E-state index contributed by atoms with van der Waals surface area (Å²) in [5.41, 5.74) is 6.23. The van der Waals surface area contributed by atoms with Crippen LogP contribution >= 0.6 is 0 Å².